The van der Waals surface area contributed by atoms with Gasteiger partial charge in [0.15, 0.2) is 5.82 Å². The Balaban J connectivity index is 1.85. The van der Waals surface area contributed by atoms with Crippen LogP contribution in [0.25, 0.3) is 0 Å². The van der Waals surface area contributed by atoms with Gasteiger partial charge >= 0.3 is 0 Å². The van der Waals surface area contributed by atoms with E-state index in [2.05, 4.69) is 32.0 Å². The number of aromatic nitrogens is 4. The molecule has 128 valence electrons. The van der Waals surface area contributed by atoms with Crippen LogP contribution in [0.4, 0.5) is 5.69 Å². The zero-order valence-electron chi connectivity index (χ0n) is 14.6. The number of aryl methyl sites for hydroxylation is 3. The molecule has 0 radical (unpaired) electrons. The lowest BCUT2D eigenvalue weighted by Crippen LogP contribution is -2.24. The number of aromatic amines is 1. The second-order valence-corrected chi connectivity index (χ2v) is 6.32. The predicted molar refractivity (Wildman–Crippen MR) is 96.3 cm³/mol. The van der Waals surface area contributed by atoms with Crippen LogP contribution in [-0.2, 0) is 11.2 Å². The van der Waals surface area contributed by atoms with Crippen molar-refractivity contribution in [3.05, 3.63) is 70.5 Å². The third-order valence-corrected chi connectivity index (χ3v) is 4.15. The number of carbonyl (C=O) groups excluding carboxylic acids is 1. The second kappa shape index (κ2) is 7.25. The van der Waals surface area contributed by atoms with Gasteiger partial charge in [0.25, 0.3) is 0 Å². The van der Waals surface area contributed by atoms with E-state index in [1.54, 1.807) is 0 Å². The number of H-pyrrole nitrogens is 1. The Bertz CT molecular complexity index is 873. The number of hydrogen-bond acceptors (Lipinski definition) is 4. The van der Waals surface area contributed by atoms with Gasteiger partial charge in [-0.2, -0.15) is 5.21 Å². The number of amides is 1. The summed E-state index contributed by atoms with van der Waals surface area (Å²) < 4.78 is 0. The van der Waals surface area contributed by atoms with Crippen molar-refractivity contribution in [1.29, 1.82) is 0 Å². The topological polar surface area (TPSA) is 83.6 Å². The fourth-order valence-corrected chi connectivity index (χ4v) is 2.87. The number of tetrazole rings is 1. The van der Waals surface area contributed by atoms with E-state index in [0.29, 0.717) is 12.2 Å². The first-order valence-corrected chi connectivity index (χ1v) is 8.20. The molecule has 0 saturated heterocycles. The van der Waals surface area contributed by atoms with Gasteiger partial charge < -0.3 is 5.32 Å². The SMILES string of the molecule is Cc1cccc(CC(C(=O)Nc2ccc(C)cc2C)c2nn[nH]n2)c1. The van der Waals surface area contributed by atoms with Crippen molar-refractivity contribution < 1.29 is 4.79 Å². The average Bonchev–Trinajstić information content (AvgIpc) is 3.09. The van der Waals surface area contributed by atoms with Gasteiger partial charge in [0.1, 0.15) is 5.92 Å². The van der Waals surface area contributed by atoms with Crippen molar-refractivity contribution >= 4 is 11.6 Å². The Hall–Kier alpha value is -3.02. The van der Waals surface area contributed by atoms with Crippen molar-refractivity contribution in [3.63, 3.8) is 0 Å². The molecule has 1 aromatic heterocycles. The summed E-state index contributed by atoms with van der Waals surface area (Å²) in [5.74, 6) is -0.264. The largest absolute Gasteiger partial charge is 0.325 e. The molecule has 0 aliphatic carbocycles. The molecule has 0 fully saturated rings. The highest BCUT2D eigenvalue weighted by molar-refractivity contribution is 5.96. The minimum absolute atomic E-state index is 0.144. The Morgan fingerprint density at radius 3 is 2.60 bits per heavy atom. The van der Waals surface area contributed by atoms with E-state index in [-0.39, 0.29) is 5.91 Å². The molecule has 1 amide bonds. The predicted octanol–water partition coefficient (Wildman–Crippen LogP) is 3.09. The van der Waals surface area contributed by atoms with Crippen molar-refractivity contribution in [3.8, 4) is 0 Å². The summed E-state index contributed by atoms with van der Waals surface area (Å²) in [5.41, 5.74) is 5.19. The molecule has 3 aromatic rings. The number of anilines is 1. The Labute approximate surface area is 146 Å². The smallest absolute Gasteiger partial charge is 0.235 e. The summed E-state index contributed by atoms with van der Waals surface area (Å²) >= 11 is 0. The van der Waals surface area contributed by atoms with Crippen LogP contribution in [0, 0.1) is 20.8 Å². The summed E-state index contributed by atoms with van der Waals surface area (Å²) in [6.07, 6.45) is 0.512. The molecule has 3 rings (SSSR count). The van der Waals surface area contributed by atoms with Crippen LogP contribution >= 0.6 is 0 Å². The summed E-state index contributed by atoms with van der Waals surface area (Å²) in [6, 6.07) is 14.0. The van der Waals surface area contributed by atoms with Gasteiger partial charge in [-0.25, -0.2) is 0 Å². The highest BCUT2D eigenvalue weighted by Crippen LogP contribution is 2.22. The highest BCUT2D eigenvalue weighted by atomic mass is 16.1. The number of nitrogens with zero attached hydrogens (tertiary/aromatic N) is 3. The van der Waals surface area contributed by atoms with E-state index in [9.17, 15) is 4.79 Å². The summed E-state index contributed by atoms with van der Waals surface area (Å²) in [4.78, 5) is 12.9. The quantitative estimate of drug-likeness (QED) is 0.750. The van der Waals surface area contributed by atoms with Crippen LogP contribution in [0.5, 0.6) is 0 Å². The molecule has 6 heteroatoms. The van der Waals surface area contributed by atoms with Crippen molar-refractivity contribution in [2.24, 2.45) is 0 Å². The Kier molecular flexibility index (Phi) is 4.88. The van der Waals surface area contributed by atoms with Crippen LogP contribution in [0.3, 0.4) is 0 Å². The lowest BCUT2D eigenvalue weighted by molar-refractivity contribution is -0.117. The summed E-state index contributed by atoms with van der Waals surface area (Å²) in [6.45, 7) is 6.04. The minimum Gasteiger partial charge on any atom is -0.325 e. The number of rotatable bonds is 5. The van der Waals surface area contributed by atoms with Gasteiger partial charge in [-0.3, -0.25) is 4.79 Å². The first-order valence-electron chi connectivity index (χ1n) is 8.20. The van der Waals surface area contributed by atoms with E-state index < -0.39 is 5.92 Å². The minimum atomic E-state index is -0.513. The first kappa shape index (κ1) is 16.8. The maximum absolute atomic E-state index is 12.9. The lowest BCUT2D eigenvalue weighted by atomic mass is 9.96. The maximum atomic E-state index is 12.9. The van der Waals surface area contributed by atoms with Gasteiger partial charge in [-0.15, -0.1) is 10.2 Å². The number of nitrogens with one attached hydrogen (secondary N) is 2. The van der Waals surface area contributed by atoms with Gasteiger partial charge in [-0.1, -0.05) is 52.7 Å². The number of benzene rings is 2. The molecule has 0 aliphatic heterocycles. The zero-order chi connectivity index (χ0) is 17.8. The van der Waals surface area contributed by atoms with Crippen LogP contribution in [0.15, 0.2) is 42.5 Å². The van der Waals surface area contributed by atoms with E-state index in [4.69, 9.17) is 0 Å². The van der Waals surface area contributed by atoms with E-state index in [1.165, 1.54) is 0 Å². The Morgan fingerprint density at radius 2 is 1.92 bits per heavy atom. The van der Waals surface area contributed by atoms with Gasteiger partial charge in [0, 0.05) is 5.69 Å². The van der Waals surface area contributed by atoms with E-state index in [0.717, 1.165) is 27.9 Å². The molecular formula is C19H21N5O. The van der Waals surface area contributed by atoms with E-state index in [1.807, 2.05) is 57.2 Å². The van der Waals surface area contributed by atoms with Gasteiger partial charge in [0.2, 0.25) is 5.91 Å². The third kappa shape index (κ3) is 4.09. The maximum Gasteiger partial charge on any atom is 0.235 e. The zero-order valence-corrected chi connectivity index (χ0v) is 14.6. The van der Waals surface area contributed by atoms with Crippen LogP contribution in [-0.4, -0.2) is 26.5 Å². The molecule has 1 heterocycles. The average molecular weight is 335 g/mol. The second-order valence-electron chi connectivity index (χ2n) is 6.32. The van der Waals surface area contributed by atoms with Crippen molar-refractivity contribution in [2.75, 3.05) is 5.32 Å². The Morgan fingerprint density at radius 1 is 1.12 bits per heavy atom. The molecule has 6 nitrogen and oxygen atoms in total. The van der Waals surface area contributed by atoms with Crippen LogP contribution in [0.2, 0.25) is 0 Å². The van der Waals surface area contributed by atoms with Gasteiger partial charge in [-0.05, 0) is 44.4 Å². The first-order chi connectivity index (χ1) is 12.0. The summed E-state index contributed by atoms with van der Waals surface area (Å²) in [5, 5.41) is 17.1. The monoisotopic (exact) mass is 335 g/mol. The molecule has 0 spiro atoms. The van der Waals surface area contributed by atoms with Crippen LogP contribution < -0.4 is 5.32 Å². The molecule has 0 saturated carbocycles. The molecule has 1 atom stereocenters. The lowest BCUT2D eigenvalue weighted by Gasteiger charge is -2.15. The third-order valence-electron chi connectivity index (χ3n) is 4.15. The molecule has 0 aliphatic rings. The highest BCUT2D eigenvalue weighted by Gasteiger charge is 2.25. The molecule has 2 N–H and O–H groups in total. The van der Waals surface area contributed by atoms with Crippen LogP contribution in [0.1, 0.15) is 34.0 Å². The molecule has 0 bridgehead atoms. The fraction of sp³-hybridized carbons (Fsp3) is 0.263. The summed E-state index contributed by atoms with van der Waals surface area (Å²) in [7, 11) is 0. The van der Waals surface area contributed by atoms with Crippen molar-refractivity contribution in [1.82, 2.24) is 20.6 Å². The molecule has 1 unspecified atom stereocenters. The number of carbonyl (C=O) groups is 1. The fourth-order valence-electron chi connectivity index (χ4n) is 2.87. The standard InChI is InChI=1S/C19H21N5O/c1-12-5-4-6-15(10-12)11-16(18-21-23-24-22-18)19(25)20-17-8-7-13(2)9-14(17)3/h4-10,16H,11H2,1-3H3,(H,20,25)(H,21,22,23,24). The van der Waals surface area contributed by atoms with Crippen molar-refractivity contribution in [2.45, 2.75) is 33.1 Å². The molecule has 25 heavy (non-hydrogen) atoms. The van der Waals surface area contributed by atoms with E-state index >= 15 is 0 Å². The molecule has 2 aromatic carbocycles. The number of hydrogen-bond donors (Lipinski definition) is 2. The van der Waals surface area contributed by atoms with Gasteiger partial charge in [0.05, 0.1) is 0 Å². The molecular weight excluding hydrogens is 314 g/mol. The normalized spacial score (nSPS) is 12.0.